The van der Waals surface area contributed by atoms with Crippen molar-refractivity contribution in [3.8, 4) is 0 Å². The maximum absolute atomic E-state index is 11.3. The van der Waals surface area contributed by atoms with E-state index in [0.29, 0.717) is 12.2 Å². The maximum Gasteiger partial charge on any atom is 0.136 e. The molecule has 0 aromatic carbocycles. The molecule has 0 spiro atoms. The van der Waals surface area contributed by atoms with Crippen molar-refractivity contribution in [3.63, 3.8) is 0 Å². The van der Waals surface area contributed by atoms with Gasteiger partial charge in [0.2, 0.25) is 0 Å². The molecular formula is C10H18O2. The smallest absolute Gasteiger partial charge is 0.136 e. The lowest BCUT2D eigenvalue weighted by Crippen LogP contribution is -2.27. The Bertz CT molecular complexity index is 173. The van der Waals surface area contributed by atoms with Gasteiger partial charge in [-0.3, -0.25) is 4.79 Å². The molecule has 70 valence electrons. The van der Waals surface area contributed by atoms with Gasteiger partial charge in [-0.1, -0.05) is 6.92 Å². The summed E-state index contributed by atoms with van der Waals surface area (Å²) in [5.74, 6) is 0.490. The summed E-state index contributed by atoms with van der Waals surface area (Å²) >= 11 is 0. The number of hydrogen-bond donors (Lipinski definition) is 1. The zero-order valence-corrected chi connectivity index (χ0v) is 7.97. The van der Waals surface area contributed by atoms with Gasteiger partial charge in [-0.15, -0.1) is 0 Å². The third kappa shape index (κ3) is 2.31. The maximum atomic E-state index is 11.3. The van der Waals surface area contributed by atoms with Crippen LogP contribution in [0.2, 0.25) is 0 Å². The van der Waals surface area contributed by atoms with Gasteiger partial charge in [0.15, 0.2) is 0 Å². The minimum absolute atomic E-state index is 0.139. The Morgan fingerprint density at radius 3 is 2.75 bits per heavy atom. The van der Waals surface area contributed by atoms with Crippen LogP contribution in [-0.2, 0) is 4.79 Å². The number of carbonyl (C=O) groups excluding carboxylic acids is 1. The lowest BCUT2D eigenvalue weighted by atomic mass is 9.88. The Hall–Kier alpha value is -0.370. The minimum atomic E-state index is -0.634. The quantitative estimate of drug-likeness (QED) is 0.702. The molecule has 2 heteroatoms. The average molecular weight is 170 g/mol. The molecule has 1 N–H and O–H groups in total. The van der Waals surface area contributed by atoms with Gasteiger partial charge in [0.25, 0.3) is 0 Å². The van der Waals surface area contributed by atoms with Gasteiger partial charge in [-0.2, -0.15) is 0 Å². The van der Waals surface area contributed by atoms with Crippen molar-refractivity contribution in [3.05, 3.63) is 0 Å². The van der Waals surface area contributed by atoms with Crippen molar-refractivity contribution in [2.75, 3.05) is 0 Å². The van der Waals surface area contributed by atoms with E-state index in [1.54, 1.807) is 0 Å². The molecule has 0 bridgehead atoms. The number of rotatable bonds is 3. The molecule has 1 aliphatic rings. The summed E-state index contributed by atoms with van der Waals surface area (Å²) in [5, 5.41) is 9.75. The average Bonchev–Trinajstić information content (AvgIpc) is 2.36. The Morgan fingerprint density at radius 1 is 1.67 bits per heavy atom. The summed E-state index contributed by atoms with van der Waals surface area (Å²) in [5.41, 5.74) is -0.634. The van der Waals surface area contributed by atoms with Crippen LogP contribution < -0.4 is 0 Å². The van der Waals surface area contributed by atoms with Crippen molar-refractivity contribution in [1.29, 1.82) is 0 Å². The van der Waals surface area contributed by atoms with E-state index in [9.17, 15) is 9.90 Å². The van der Waals surface area contributed by atoms with Crippen molar-refractivity contribution >= 4 is 5.78 Å². The second-order valence-corrected chi connectivity index (χ2v) is 4.11. The molecule has 2 atom stereocenters. The van der Waals surface area contributed by atoms with E-state index in [0.717, 1.165) is 25.7 Å². The fourth-order valence-corrected chi connectivity index (χ4v) is 1.78. The largest absolute Gasteiger partial charge is 0.390 e. The van der Waals surface area contributed by atoms with Crippen LogP contribution in [-0.4, -0.2) is 16.5 Å². The summed E-state index contributed by atoms with van der Waals surface area (Å²) in [6, 6.07) is 0. The van der Waals surface area contributed by atoms with E-state index in [1.807, 2.05) is 13.8 Å². The normalized spacial score (nSPS) is 28.9. The number of aliphatic hydroxyl groups is 1. The second kappa shape index (κ2) is 3.56. The molecule has 1 aliphatic carbocycles. The van der Waals surface area contributed by atoms with Crippen LogP contribution >= 0.6 is 0 Å². The molecule has 0 heterocycles. The van der Waals surface area contributed by atoms with E-state index in [4.69, 9.17) is 0 Å². The van der Waals surface area contributed by atoms with Crippen LogP contribution in [0.5, 0.6) is 0 Å². The number of hydrogen-bond acceptors (Lipinski definition) is 2. The van der Waals surface area contributed by atoms with Gasteiger partial charge in [0.1, 0.15) is 5.78 Å². The number of ketones is 1. The monoisotopic (exact) mass is 170 g/mol. The molecule has 1 fully saturated rings. The standard InChI is InChI=1S/C10H18O2/c1-3-10(2,12)7-8-5-4-6-9(8)11/h8,12H,3-7H2,1-2H3. The Morgan fingerprint density at radius 2 is 2.33 bits per heavy atom. The summed E-state index contributed by atoms with van der Waals surface area (Å²) in [4.78, 5) is 11.3. The Balaban J connectivity index is 2.45. The fourth-order valence-electron chi connectivity index (χ4n) is 1.78. The molecule has 1 saturated carbocycles. The van der Waals surface area contributed by atoms with Crippen LogP contribution in [0, 0.1) is 5.92 Å². The first-order valence-electron chi connectivity index (χ1n) is 4.80. The van der Waals surface area contributed by atoms with Gasteiger partial charge in [-0.25, -0.2) is 0 Å². The van der Waals surface area contributed by atoms with E-state index >= 15 is 0 Å². The lowest BCUT2D eigenvalue weighted by molar-refractivity contribution is -0.122. The number of carbonyl (C=O) groups is 1. The van der Waals surface area contributed by atoms with Crippen LogP contribution in [0.1, 0.15) is 46.0 Å². The third-order valence-corrected chi connectivity index (χ3v) is 2.88. The first kappa shape index (κ1) is 9.72. The van der Waals surface area contributed by atoms with Crippen LogP contribution in [0.3, 0.4) is 0 Å². The van der Waals surface area contributed by atoms with Crippen molar-refractivity contribution < 1.29 is 9.90 Å². The zero-order chi connectivity index (χ0) is 9.19. The molecule has 0 aliphatic heterocycles. The second-order valence-electron chi connectivity index (χ2n) is 4.11. The Kier molecular flexibility index (Phi) is 2.89. The van der Waals surface area contributed by atoms with Gasteiger partial charge in [0.05, 0.1) is 5.60 Å². The molecule has 0 aromatic heterocycles. The number of Topliss-reactive ketones (excluding diaryl/α,β-unsaturated/α-hetero) is 1. The zero-order valence-electron chi connectivity index (χ0n) is 7.97. The fraction of sp³-hybridized carbons (Fsp3) is 0.900. The summed E-state index contributed by atoms with van der Waals surface area (Å²) in [6.07, 6.45) is 4.11. The van der Waals surface area contributed by atoms with Crippen molar-refractivity contribution in [2.24, 2.45) is 5.92 Å². The molecular weight excluding hydrogens is 152 g/mol. The SMILES string of the molecule is CCC(C)(O)CC1CCCC1=O. The highest BCUT2D eigenvalue weighted by Gasteiger charge is 2.30. The minimum Gasteiger partial charge on any atom is -0.390 e. The molecule has 0 aromatic rings. The molecule has 0 saturated heterocycles. The molecule has 0 amide bonds. The van der Waals surface area contributed by atoms with E-state index < -0.39 is 5.60 Å². The molecule has 2 unspecified atom stereocenters. The van der Waals surface area contributed by atoms with Crippen LogP contribution in [0.4, 0.5) is 0 Å². The lowest BCUT2D eigenvalue weighted by Gasteiger charge is -2.24. The van der Waals surface area contributed by atoms with E-state index in [2.05, 4.69) is 0 Å². The van der Waals surface area contributed by atoms with Gasteiger partial charge < -0.3 is 5.11 Å². The van der Waals surface area contributed by atoms with Gasteiger partial charge >= 0.3 is 0 Å². The van der Waals surface area contributed by atoms with E-state index in [1.165, 1.54) is 0 Å². The predicted molar refractivity (Wildman–Crippen MR) is 47.9 cm³/mol. The molecule has 12 heavy (non-hydrogen) atoms. The highest BCUT2D eigenvalue weighted by molar-refractivity contribution is 5.82. The predicted octanol–water partition coefficient (Wildman–Crippen LogP) is 1.91. The topological polar surface area (TPSA) is 37.3 Å². The summed E-state index contributed by atoms with van der Waals surface area (Å²) < 4.78 is 0. The van der Waals surface area contributed by atoms with Gasteiger partial charge in [0, 0.05) is 12.3 Å². The first-order valence-corrected chi connectivity index (χ1v) is 4.80. The van der Waals surface area contributed by atoms with Crippen LogP contribution in [0.25, 0.3) is 0 Å². The molecule has 1 rings (SSSR count). The highest BCUT2D eigenvalue weighted by Crippen LogP contribution is 2.30. The summed E-state index contributed by atoms with van der Waals surface area (Å²) in [7, 11) is 0. The highest BCUT2D eigenvalue weighted by atomic mass is 16.3. The first-order chi connectivity index (χ1) is 5.55. The van der Waals surface area contributed by atoms with Crippen LogP contribution in [0.15, 0.2) is 0 Å². The molecule has 0 radical (unpaired) electrons. The van der Waals surface area contributed by atoms with Gasteiger partial charge in [-0.05, 0) is 32.6 Å². The molecule has 2 nitrogen and oxygen atoms in total. The Labute approximate surface area is 74.0 Å². The summed E-state index contributed by atoms with van der Waals surface area (Å²) in [6.45, 7) is 3.78. The van der Waals surface area contributed by atoms with E-state index in [-0.39, 0.29) is 5.92 Å². The van der Waals surface area contributed by atoms with Crippen molar-refractivity contribution in [1.82, 2.24) is 0 Å². The van der Waals surface area contributed by atoms with Crippen molar-refractivity contribution in [2.45, 2.75) is 51.6 Å². The third-order valence-electron chi connectivity index (χ3n) is 2.88.